The second-order valence-electron chi connectivity index (χ2n) is 6.70. The molecule has 26 heavy (non-hydrogen) atoms. The number of likely N-dealkylation sites (N-methyl/N-ethyl adjacent to an activating group) is 1. The molecule has 1 aliphatic rings. The van der Waals surface area contributed by atoms with Gasteiger partial charge in [-0.3, -0.25) is 19.3 Å². The zero-order valence-corrected chi connectivity index (χ0v) is 16.3. The number of nitrogens with two attached hydrogens (primary N) is 1. The SMILES string of the molecule is CNC(C)C(=O)NC(C(=O)N1c2ccccc2CC1C(N)=O)C(C)C.Cl. The van der Waals surface area contributed by atoms with Gasteiger partial charge in [-0.15, -0.1) is 12.4 Å². The van der Waals surface area contributed by atoms with E-state index in [0.717, 1.165) is 5.56 Å². The number of halogens is 1. The minimum absolute atomic E-state index is 0. The number of nitrogens with zero attached hydrogens (tertiary/aromatic N) is 1. The van der Waals surface area contributed by atoms with Crippen molar-refractivity contribution in [1.82, 2.24) is 10.6 Å². The monoisotopic (exact) mass is 382 g/mol. The molecule has 0 saturated heterocycles. The Kier molecular flexibility index (Phi) is 7.59. The second-order valence-corrected chi connectivity index (χ2v) is 6.70. The zero-order valence-electron chi connectivity index (χ0n) is 15.5. The average Bonchev–Trinajstić information content (AvgIpc) is 2.97. The van der Waals surface area contributed by atoms with Crippen LogP contribution in [0.3, 0.4) is 0 Å². The van der Waals surface area contributed by atoms with Gasteiger partial charge >= 0.3 is 0 Å². The van der Waals surface area contributed by atoms with Crippen LogP contribution < -0.4 is 21.3 Å². The number of fused-ring (bicyclic) bond motifs is 1. The van der Waals surface area contributed by atoms with Crippen LogP contribution in [0.15, 0.2) is 24.3 Å². The maximum absolute atomic E-state index is 13.2. The molecule has 8 heteroatoms. The van der Waals surface area contributed by atoms with E-state index in [1.807, 2.05) is 32.0 Å². The quantitative estimate of drug-likeness (QED) is 0.670. The van der Waals surface area contributed by atoms with Crippen molar-refractivity contribution in [3.05, 3.63) is 29.8 Å². The summed E-state index contributed by atoms with van der Waals surface area (Å²) in [5.74, 6) is -1.28. The minimum Gasteiger partial charge on any atom is -0.368 e. The van der Waals surface area contributed by atoms with E-state index in [9.17, 15) is 14.4 Å². The molecule has 1 heterocycles. The molecule has 0 fully saturated rings. The summed E-state index contributed by atoms with van der Waals surface area (Å²) in [6.07, 6.45) is 0.392. The van der Waals surface area contributed by atoms with Crippen molar-refractivity contribution in [2.45, 2.75) is 45.3 Å². The predicted octanol–water partition coefficient (Wildman–Crippen LogP) is 0.600. The Balaban J connectivity index is 0.00000338. The van der Waals surface area contributed by atoms with Gasteiger partial charge < -0.3 is 16.4 Å². The van der Waals surface area contributed by atoms with Crippen molar-refractivity contribution in [2.75, 3.05) is 11.9 Å². The van der Waals surface area contributed by atoms with Gasteiger partial charge in [0.1, 0.15) is 12.1 Å². The summed E-state index contributed by atoms with van der Waals surface area (Å²) in [6, 6.07) is 5.46. The number of amides is 3. The molecule has 3 unspecified atom stereocenters. The Labute approximate surface area is 160 Å². The van der Waals surface area contributed by atoms with Gasteiger partial charge in [0, 0.05) is 12.1 Å². The van der Waals surface area contributed by atoms with Crippen LogP contribution >= 0.6 is 12.4 Å². The number of benzene rings is 1. The summed E-state index contributed by atoms with van der Waals surface area (Å²) in [4.78, 5) is 38.7. The lowest BCUT2D eigenvalue weighted by Gasteiger charge is -2.31. The third-order valence-electron chi connectivity index (χ3n) is 4.60. The molecular weight excluding hydrogens is 356 g/mol. The van der Waals surface area contributed by atoms with E-state index in [4.69, 9.17) is 5.73 Å². The Hall–Kier alpha value is -2.12. The molecule has 3 amide bonds. The van der Waals surface area contributed by atoms with Gasteiger partial charge in [0.05, 0.1) is 6.04 Å². The molecule has 0 spiro atoms. The van der Waals surface area contributed by atoms with E-state index in [1.165, 1.54) is 4.90 Å². The summed E-state index contributed by atoms with van der Waals surface area (Å²) in [7, 11) is 1.68. The summed E-state index contributed by atoms with van der Waals surface area (Å²) in [5, 5.41) is 5.64. The first kappa shape index (κ1) is 21.9. The van der Waals surface area contributed by atoms with Gasteiger partial charge in [0.2, 0.25) is 11.8 Å². The molecule has 2 rings (SSSR count). The highest BCUT2D eigenvalue weighted by molar-refractivity contribution is 6.06. The highest BCUT2D eigenvalue weighted by Crippen LogP contribution is 2.33. The number of carbonyl (C=O) groups is 3. The van der Waals surface area contributed by atoms with Crippen LogP contribution in [0.2, 0.25) is 0 Å². The van der Waals surface area contributed by atoms with Gasteiger partial charge in [-0.1, -0.05) is 32.0 Å². The van der Waals surface area contributed by atoms with E-state index >= 15 is 0 Å². The highest BCUT2D eigenvalue weighted by atomic mass is 35.5. The smallest absolute Gasteiger partial charge is 0.250 e. The molecule has 1 aromatic rings. The average molecular weight is 383 g/mol. The lowest BCUT2D eigenvalue weighted by molar-refractivity contribution is -0.130. The predicted molar refractivity (Wildman–Crippen MR) is 103 cm³/mol. The van der Waals surface area contributed by atoms with Gasteiger partial charge in [-0.2, -0.15) is 0 Å². The number of primary amides is 1. The summed E-state index contributed by atoms with van der Waals surface area (Å²) >= 11 is 0. The molecular formula is C18H27ClN4O3. The minimum atomic E-state index is -0.740. The number of para-hydroxylation sites is 1. The maximum Gasteiger partial charge on any atom is 0.250 e. The largest absolute Gasteiger partial charge is 0.368 e. The topological polar surface area (TPSA) is 105 Å². The van der Waals surface area contributed by atoms with E-state index in [0.29, 0.717) is 12.1 Å². The summed E-state index contributed by atoms with van der Waals surface area (Å²) in [6.45, 7) is 5.43. The summed E-state index contributed by atoms with van der Waals surface area (Å²) < 4.78 is 0. The van der Waals surface area contributed by atoms with Crippen molar-refractivity contribution in [2.24, 2.45) is 11.7 Å². The fourth-order valence-corrected chi connectivity index (χ4v) is 2.96. The molecule has 0 saturated carbocycles. The number of hydrogen-bond donors (Lipinski definition) is 3. The van der Waals surface area contributed by atoms with Gasteiger partial charge in [-0.25, -0.2) is 0 Å². The number of rotatable bonds is 6. The van der Waals surface area contributed by atoms with Gasteiger partial charge in [0.15, 0.2) is 0 Å². The van der Waals surface area contributed by atoms with Crippen LogP contribution in [0, 0.1) is 5.92 Å². The van der Waals surface area contributed by atoms with Crippen LogP contribution in [0.1, 0.15) is 26.3 Å². The zero-order chi connectivity index (χ0) is 18.7. The maximum atomic E-state index is 13.2. The fraction of sp³-hybridized carbons (Fsp3) is 0.500. The van der Waals surface area contributed by atoms with Crippen LogP contribution in [0.4, 0.5) is 5.69 Å². The van der Waals surface area contributed by atoms with E-state index in [1.54, 1.807) is 20.0 Å². The second kappa shape index (κ2) is 9.00. The number of carbonyl (C=O) groups excluding carboxylic acids is 3. The van der Waals surface area contributed by atoms with Crippen molar-refractivity contribution in [3.63, 3.8) is 0 Å². The molecule has 144 valence electrons. The van der Waals surface area contributed by atoms with Crippen LogP contribution in [-0.4, -0.2) is 42.9 Å². The first-order chi connectivity index (χ1) is 11.8. The molecule has 0 aromatic heterocycles. The number of hydrogen-bond acceptors (Lipinski definition) is 4. The molecule has 3 atom stereocenters. The van der Waals surface area contributed by atoms with E-state index in [-0.39, 0.29) is 30.1 Å². The van der Waals surface area contributed by atoms with Gasteiger partial charge in [0.25, 0.3) is 5.91 Å². The van der Waals surface area contributed by atoms with Crippen molar-refractivity contribution in [1.29, 1.82) is 0 Å². The Morgan fingerprint density at radius 3 is 2.35 bits per heavy atom. The molecule has 1 aromatic carbocycles. The van der Waals surface area contributed by atoms with Crippen molar-refractivity contribution >= 4 is 35.8 Å². The van der Waals surface area contributed by atoms with E-state index in [2.05, 4.69) is 10.6 Å². The molecule has 0 radical (unpaired) electrons. The molecule has 0 aliphatic carbocycles. The third-order valence-corrected chi connectivity index (χ3v) is 4.60. The normalized spacial score (nSPS) is 17.9. The molecule has 0 bridgehead atoms. The summed E-state index contributed by atoms with van der Waals surface area (Å²) in [5.41, 5.74) is 7.10. The van der Waals surface area contributed by atoms with Crippen LogP contribution in [0.5, 0.6) is 0 Å². The third kappa shape index (κ3) is 4.34. The number of nitrogens with one attached hydrogen (secondary N) is 2. The van der Waals surface area contributed by atoms with E-state index < -0.39 is 24.0 Å². The highest BCUT2D eigenvalue weighted by Gasteiger charge is 2.41. The number of anilines is 1. The molecule has 1 aliphatic heterocycles. The van der Waals surface area contributed by atoms with Crippen LogP contribution in [-0.2, 0) is 20.8 Å². The molecule has 4 N–H and O–H groups in total. The van der Waals surface area contributed by atoms with Gasteiger partial charge in [-0.05, 0) is 31.5 Å². The van der Waals surface area contributed by atoms with Crippen molar-refractivity contribution in [3.8, 4) is 0 Å². The fourth-order valence-electron chi connectivity index (χ4n) is 2.96. The Morgan fingerprint density at radius 2 is 1.81 bits per heavy atom. The lowest BCUT2D eigenvalue weighted by Crippen LogP contribution is -2.57. The van der Waals surface area contributed by atoms with Crippen molar-refractivity contribution < 1.29 is 14.4 Å². The first-order valence-electron chi connectivity index (χ1n) is 8.45. The first-order valence-corrected chi connectivity index (χ1v) is 8.45. The standard InChI is InChI=1S/C18H26N4O3.ClH/c1-10(2)15(21-17(24)11(3)20-4)18(25)22-13-8-6-5-7-12(13)9-14(22)16(19)23;/h5-8,10-11,14-15,20H,9H2,1-4H3,(H2,19,23)(H,21,24);1H. The Morgan fingerprint density at radius 1 is 1.19 bits per heavy atom. The Bertz CT molecular complexity index is 680. The van der Waals surface area contributed by atoms with Crippen LogP contribution in [0.25, 0.3) is 0 Å². The molecule has 7 nitrogen and oxygen atoms in total. The lowest BCUT2D eigenvalue weighted by atomic mass is 10.0.